The highest BCUT2D eigenvalue weighted by molar-refractivity contribution is 5.94. The van der Waals surface area contributed by atoms with Crippen LogP contribution < -0.4 is 10.2 Å². The van der Waals surface area contributed by atoms with Crippen molar-refractivity contribution in [2.75, 3.05) is 29.9 Å². The fourth-order valence-corrected chi connectivity index (χ4v) is 2.83. The van der Waals surface area contributed by atoms with Crippen LogP contribution in [0.5, 0.6) is 0 Å². The number of carbonyl (C=O) groups excluding carboxylic acids is 2. The summed E-state index contributed by atoms with van der Waals surface area (Å²) in [6.45, 7) is 1.82. The van der Waals surface area contributed by atoms with E-state index in [1.165, 1.54) is 37.7 Å². The van der Waals surface area contributed by atoms with Crippen LogP contribution in [0.25, 0.3) is 6.08 Å². The number of furan rings is 1. The molecule has 1 N–H and O–H groups in total. The van der Waals surface area contributed by atoms with Crippen molar-refractivity contribution in [2.45, 2.75) is 19.3 Å². The molecule has 0 aliphatic carbocycles. The number of benzene rings is 1. The molecule has 0 spiro atoms. The topological polar surface area (TPSA) is 71.8 Å². The molecule has 0 radical (unpaired) electrons. The fourth-order valence-electron chi connectivity index (χ4n) is 2.83. The standard InChI is InChI=1S/C20H22N2O4/c23-19(15-26-20(24)11-10-18-5-4-14-25-18)21-16-6-8-17(9-7-16)22-12-2-1-3-13-22/h4-11,14H,1-3,12-13,15H2,(H,21,23)/b11-10+. The fraction of sp³-hybridized carbons (Fsp3) is 0.300. The molecule has 2 heterocycles. The van der Waals surface area contributed by atoms with Crippen LogP contribution in [0.3, 0.4) is 0 Å². The van der Waals surface area contributed by atoms with E-state index in [4.69, 9.17) is 9.15 Å². The highest BCUT2D eigenvalue weighted by Crippen LogP contribution is 2.21. The van der Waals surface area contributed by atoms with Gasteiger partial charge in [0.1, 0.15) is 5.76 Å². The van der Waals surface area contributed by atoms with Crippen LogP contribution in [-0.2, 0) is 14.3 Å². The number of rotatable bonds is 6. The molecule has 2 aromatic rings. The number of anilines is 2. The number of amides is 1. The van der Waals surface area contributed by atoms with Gasteiger partial charge in [0.2, 0.25) is 0 Å². The number of nitrogens with zero attached hydrogens (tertiary/aromatic N) is 1. The minimum absolute atomic E-state index is 0.338. The Kier molecular flexibility index (Phi) is 6.09. The Balaban J connectivity index is 1.43. The summed E-state index contributed by atoms with van der Waals surface area (Å²) in [6.07, 6.45) is 7.95. The molecule has 26 heavy (non-hydrogen) atoms. The van der Waals surface area contributed by atoms with Crippen molar-refractivity contribution in [1.82, 2.24) is 0 Å². The van der Waals surface area contributed by atoms with Crippen molar-refractivity contribution in [1.29, 1.82) is 0 Å². The van der Waals surface area contributed by atoms with Crippen molar-refractivity contribution in [3.05, 3.63) is 54.5 Å². The first-order valence-electron chi connectivity index (χ1n) is 8.74. The third-order valence-corrected chi connectivity index (χ3v) is 4.14. The molecular formula is C20H22N2O4. The lowest BCUT2D eigenvalue weighted by molar-refractivity contribution is -0.142. The summed E-state index contributed by atoms with van der Waals surface area (Å²) < 4.78 is 9.97. The molecule has 1 aliphatic rings. The third-order valence-electron chi connectivity index (χ3n) is 4.14. The Morgan fingerprint density at radius 1 is 1.12 bits per heavy atom. The van der Waals surface area contributed by atoms with Gasteiger partial charge in [0.25, 0.3) is 5.91 Å². The minimum atomic E-state index is -0.600. The molecule has 136 valence electrons. The molecule has 1 aromatic carbocycles. The second-order valence-corrected chi connectivity index (χ2v) is 6.10. The number of nitrogens with one attached hydrogen (secondary N) is 1. The average Bonchev–Trinajstić information content (AvgIpc) is 3.20. The monoisotopic (exact) mass is 354 g/mol. The SMILES string of the molecule is O=C(COC(=O)/C=C/c1ccco1)Nc1ccc(N2CCCCC2)cc1. The third kappa shape index (κ3) is 5.24. The Morgan fingerprint density at radius 3 is 2.58 bits per heavy atom. The van der Waals surface area contributed by atoms with E-state index in [2.05, 4.69) is 10.2 Å². The van der Waals surface area contributed by atoms with Crippen LogP contribution in [0.15, 0.2) is 53.2 Å². The number of piperidine rings is 1. The molecule has 0 unspecified atom stereocenters. The van der Waals surface area contributed by atoms with Crippen molar-refractivity contribution >= 4 is 29.3 Å². The largest absolute Gasteiger partial charge is 0.465 e. The Morgan fingerprint density at radius 2 is 1.88 bits per heavy atom. The van der Waals surface area contributed by atoms with E-state index in [0.29, 0.717) is 11.4 Å². The van der Waals surface area contributed by atoms with Crippen LogP contribution in [-0.4, -0.2) is 31.6 Å². The Hall–Kier alpha value is -3.02. The molecule has 6 nitrogen and oxygen atoms in total. The molecule has 3 rings (SSSR count). The molecule has 6 heteroatoms. The minimum Gasteiger partial charge on any atom is -0.465 e. The molecule has 1 saturated heterocycles. The summed E-state index contributed by atoms with van der Waals surface area (Å²) in [5, 5.41) is 2.72. The van der Waals surface area contributed by atoms with E-state index < -0.39 is 5.97 Å². The van der Waals surface area contributed by atoms with Crippen molar-refractivity contribution in [3.63, 3.8) is 0 Å². The van der Waals surface area contributed by atoms with Gasteiger partial charge in [-0.3, -0.25) is 4.79 Å². The smallest absolute Gasteiger partial charge is 0.331 e. The lowest BCUT2D eigenvalue weighted by atomic mass is 10.1. The predicted octanol–water partition coefficient (Wildman–Crippen LogP) is 3.47. The molecule has 1 amide bonds. The molecule has 0 atom stereocenters. The second kappa shape index (κ2) is 8.89. The van der Waals surface area contributed by atoms with Crippen LogP contribution in [0.1, 0.15) is 25.0 Å². The van der Waals surface area contributed by atoms with Gasteiger partial charge in [0.15, 0.2) is 6.61 Å². The van der Waals surface area contributed by atoms with Gasteiger partial charge in [0, 0.05) is 30.5 Å². The van der Waals surface area contributed by atoms with E-state index >= 15 is 0 Å². The average molecular weight is 354 g/mol. The quantitative estimate of drug-likeness (QED) is 0.635. The van der Waals surface area contributed by atoms with Crippen LogP contribution >= 0.6 is 0 Å². The zero-order valence-electron chi connectivity index (χ0n) is 14.5. The number of hydrogen-bond donors (Lipinski definition) is 1. The van der Waals surface area contributed by atoms with Gasteiger partial charge in [-0.1, -0.05) is 0 Å². The van der Waals surface area contributed by atoms with Gasteiger partial charge in [-0.2, -0.15) is 0 Å². The maximum Gasteiger partial charge on any atom is 0.331 e. The second-order valence-electron chi connectivity index (χ2n) is 6.10. The molecular weight excluding hydrogens is 332 g/mol. The van der Waals surface area contributed by atoms with E-state index in [1.807, 2.05) is 24.3 Å². The van der Waals surface area contributed by atoms with Crippen molar-refractivity contribution in [2.24, 2.45) is 0 Å². The summed E-state index contributed by atoms with van der Waals surface area (Å²) in [6, 6.07) is 11.2. The Labute approximate surface area is 152 Å². The van der Waals surface area contributed by atoms with Gasteiger partial charge in [-0.25, -0.2) is 4.79 Å². The predicted molar refractivity (Wildman–Crippen MR) is 99.8 cm³/mol. The first-order chi connectivity index (χ1) is 12.7. The molecule has 1 fully saturated rings. The summed E-state index contributed by atoms with van der Waals surface area (Å²) >= 11 is 0. The molecule has 0 bridgehead atoms. The lowest BCUT2D eigenvalue weighted by Gasteiger charge is -2.28. The summed E-state index contributed by atoms with van der Waals surface area (Å²) in [4.78, 5) is 25.8. The number of hydrogen-bond acceptors (Lipinski definition) is 5. The van der Waals surface area contributed by atoms with Crippen LogP contribution in [0.4, 0.5) is 11.4 Å². The van der Waals surface area contributed by atoms with E-state index in [9.17, 15) is 9.59 Å². The van der Waals surface area contributed by atoms with Gasteiger partial charge >= 0.3 is 5.97 Å². The van der Waals surface area contributed by atoms with Gasteiger partial charge in [-0.05, 0) is 61.7 Å². The Bertz CT molecular complexity index is 745. The lowest BCUT2D eigenvalue weighted by Crippen LogP contribution is -2.29. The number of esters is 1. The first-order valence-corrected chi connectivity index (χ1v) is 8.74. The maximum absolute atomic E-state index is 11.9. The van der Waals surface area contributed by atoms with Crippen LogP contribution in [0.2, 0.25) is 0 Å². The summed E-state index contributed by atoms with van der Waals surface area (Å²) in [7, 11) is 0. The van der Waals surface area contributed by atoms with Crippen molar-refractivity contribution in [3.8, 4) is 0 Å². The molecule has 1 aromatic heterocycles. The first kappa shape index (κ1) is 17.8. The molecule has 1 aliphatic heterocycles. The normalized spacial score (nSPS) is 14.4. The maximum atomic E-state index is 11.9. The van der Waals surface area contributed by atoms with Crippen molar-refractivity contribution < 1.29 is 18.7 Å². The van der Waals surface area contributed by atoms with Gasteiger partial charge < -0.3 is 19.4 Å². The zero-order chi connectivity index (χ0) is 18.2. The zero-order valence-corrected chi connectivity index (χ0v) is 14.5. The number of ether oxygens (including phenoxy) is 1. The van der Waals surface area contributed by atoms with E-state index in [-0.39, 0.29) is 12.5 Å². The highest BCUT2D eigenvalue weighted by atomic mass is 16.5. The van der Waals surface area contributed by atoms with Gasteiger partial charge in [0.05, 0.1) is 6.26 Å². The highest BCUT2D eigenvalue weighted by Gasteiger charge is 2.11. The summed E-state index contributed by atoms with van der Waals surface area (Å²) in [5.74, 6) is -0.437. The number of carbonyl (C=O) groups is 2. The van der Waals surface area contributed by atoms with E-state index in [1.54, 1.807) is 12.1 Å². The van der Waals surface area contributed by atoms with Crippen LogP contribution in [0, 0.1) is 0 Å². The summed E-state index contributed by atoms with van der Waals surface area (Å²) in [5.41, 5.74) is 1.84. The van der Waals surface area contributed by atoms with E-state index in [0.717, 1.165) is 18.8 Å². The van der Waals surface area contributed by atoms with Gasteiger partial charge in [-0.15, -0.1) is 0 Å². The molecule has 0 saturated carbocycles.